The minimum Gasteiger partial charge on any atom is -0.478 e. The van der Waals surface area contributed by atoms with Gasteiger partial charge < -0.3 is 14.9 Å². The number of carboxylic acids is 1. The summed E-state index contributed by atoms with van der Waals surface area (Å²) in [5, 5.41) is 17.1. The van der Waals surface area contributed by atoms with Gasteiger partial charge in [0.1, 0.15) is 0 Å². The molecule has 0 aliphatic heterocycles. The highest BCUT2D eigenvalue weighted by atomic mass is 16.6. The zero-order valence-electron chi connectivity index (χ0n) is 7.27. The van der Waals surface area contributed by atoms with Crippen molar-refractivity contribution in [2.24, 2.45) is 0 Å². The van der Waals surface area contributed by atoms with Gasteiger partial charge in [0, 0.05) is 18.6 Å². The highest BCUT2D eigenvalue weighted by Crippen LogP contribution is 1.98. The SMILES string of the molecule is CCCC(O)OC(=O)/C=C\C(=O)O. The first-order chi connectivity index (χ1) is 6.06. The number of hydrogen-bond acceptors (Lipinski definition) is 4. The first-order valence-corrected chi connectivity index (χ1v) is 3.86. The van der Waals surface area contributed by atoms with Crippen molar-refractivity contribution in [3.63, 3.8) is 0 Å². The van der Waals surface area contributed by atoms with Crippen LogP contribution in [0.25, 0.3) is 0 Å². The molecular weight excluding hydrogens is 176 g/mol. The van der Waals surface area contributed by atoms with Crippen LogP contribution < -0.4 is 0 Å². The quantitative estimate of drug-likeness (QED) is 0.368. The fourth-order valence-corrected chi connectivity index (χ4v) is 0.619. The van der Waals surface area contributed by atoms with E-state index >= 15 is 0 Å². The lowest BCUT2D eigenvalue weighted by atomic mass is 10.3. The summed E-state index contributed by atoms with van der Waals surface area (Å²) >= 11 is 0. The van der Waals surface area contributed by atoms with Gasteiger partial charge in [-0.25, -0.2) is 9.59 Å². The van der Waals surface area contributed by atoms with Gasteiger partial charge in [-0.05, 0) is 0 Å². The third kappa shape index (κ3) is 7.02. The van der Waals surface area contributed by atoms with Gasteiger partial charge in [-0.1, -0.05) is 13.3 Å². The van der Waals surface area contributed by atoms with Gasteiger partial charge in [0.15, 0.2) is 0 Å². The monoisotopic (exact) mass is 188 g/mol. The van der Waals surface area contributed by atoms with Crippen molar-refractivity contribution in [3.8, 4) is 0 Å². The standard InChI is InChI=1S/C8H12O5/c1-2-3-7(11)13-8(12)5-4-6(9)10/h4-5,7,11H,2-3H2,1H3,(H,9,10)/b5-4-. The van der Waals surface area contributed by atoms with Crippen molar-refractivity contribution < 1.29 is 24.5 Å². The molecule has 0 rings (SSSR count). The summed E-state index contributed by atoms with van der Waals surface area (Å²) in [5.41, 5.74) is 0. The lowest BCUT2D eigenvalue weighted by Crippen LogP contribution is -2.15. The maximum Gasteiger partial charge on any atom is 0.333 e. The molecule has 2 N–H and O–H groups in total. The molecule has 0 aliphatic carbocycles. The van der Waals surface area contributed by atoms with Gasteiger partial charge in [0.05, 0.1) is 0 Å². The van der Waals surface area contributed by atoms with Crippen LogP contribution in [0.4, 0.5) is 0 Å². The van der Waals surface area contributed by atoms with E-state index in [1.807, 2.05) is 6.92 Å². The molecule has 0 saturated carbocycles. The van der Waals surface area contributed by atoms with Gasteiger partial charge in [-0.15, -0.1) is 0 Å². The van der Waals surface area contributed by atoms with E-state index in [2.05, 4.69) is 4.74 Å². The summed E-state index contributed by atoms with van der Waals surface area (Å²) < 4.78 is 4.41. The van der Waals surface area contributed by atoms with E-state index in [4.69, 9.17) is 10.2 Å². The Balaban J connectivity index is 3.80. The number of hydrogen-bond donors (Lipinski definition) is 2. The molecule has 1 atom stereocenters. The summed E-state index contributed by atoms with van der Waals surface area (Å²) in [6.45, 7) is 1.82. The molecule has 0 heterocycles. The second-order valence-corrected chi connectivity index (χ2v) is 2.35. The molecule has 13 heavy (non-hydrogen) atoms. The fraction of sp³-hybridized carbons (Fsp3) is 0.500. The van der Waals surface area contributed by atoms with Crippen LogP contribution in [0.5, 0.6) is 0 Å². The molecule has 0 fully saturated rings. The van der Waals surface area contributed by atoms with Crippen LogP contribution in [0.2, 0.25) is 0 Å². The van der Waals surface area contributed by atoms with E-state index in [-0.39, 0.29) is 0 Å². The van der Waals surface area contributed by atoms with Crippen molar-refractivity contribution in [2.45, 2.75) is 26.1 Å². The molecular formula is C8H12O5. The molecule has 0 aromatic rings. The topological polar surface area (TPSA) is 83.8 Å². The van der Waals surface area contributed by atoms with Gasteiger partial charge in [0.25, 0.3) is 0 Å². The maximum atomic E-state index is 10.7. The Kier molecular flexibility index (Phi) is 5.54. The first-order valence-electron chi connectivity index (χ1n) is 3.86. The third-order valence-electron chi connectivity index (χ3n) is 1.15. The predicted molar refractivity (Wildman–Crippen MR) is 43.8 cm³/mol. The van der Waals surface area contributed by atoms with E-state index < -0.39 is 18.2 Å². The zero-order valence-corrected chi connectivity index (χ0v) is 7.27. The van der Waals surface area contributed by atoms with Crippen LogP contribution in [-0.2, 0) is 14.3 Å². The molecule has 0 spiro atoms. The predicted octanol–water partition coefficient (Wildman–Crippen LogP) is 0.289. The number of rotatable bonds is 5. The summed E-state index contributed by atoms with van der Waals surface area (Å²) in [7, 11) is 0. The number of carboxylic acid groups (broad SMARTS) is 1. The summed E-state index contributed by atoms with van der Waals surface area (Å²) in [4.78, 5) is 20.7. The largest absolute Gasteiger partial charge is 0.478 e. The summed E-state index contributed by atoms with van der Waals surface area (Å²) in [5.74, 6) is -2.09. The second-order valence-electron chi connectivity index (χ2n) is 2.35. The fourth-order valence-electron chi connectivity index (χ4n) is 0.619. The Morgan fingerprint density at radius 2 is 2.08 bits per heavy atom. The van der Waals surface area contributed by atoms with Crippen LogP contribution in [0.15, 0.2) is 12.2 Å². The normalized spacial score (nSPS) is 12.8. The number of aliphatic carboxylic acids is 1. The van der Waals surface area contributed by atoms with Crippen molar-refractivity contribution in [2.75, 3.05) is 0 Å². The zero-order chi connectivity index (χ0) is 10.3. The van der Waals surface area contributed by atoms with E-state index in [9.17, 15) is 9.59 Å². The third-order valence-corrected chi connectivity index (χ3v) is 1.15. The number of aliphatic hydroxyl groups is 1. The van der Waals surface area contributed by atoms with Crippen LogP contribution >= 0.6 is 0 Å². The van der Waals surface area contributed by atoms with Gasteiger partial charge in [-0.2, -0.15) is 0 Å². The smallest absolute Gasteiger partial charge is 0.333 e. The maximum absolute atomic E-state index is 10.7. The Morgan fingerprint density at radius 1 is 1.46 bits per heavy atom. The molecule has 74 valence electrons. The molecule has 0 saturated heterocycles. The van der Waals surface area contributed by atoms with E-state index in [1.165, 1.54) is 0 Å². The Bertz CT molecular complexity index is 209. The summed E-state index contributed by atoms with van der Waals surface area (Å²) in [6.07, 6.45) is 1.27. The van der Waals surface area contributed by atoms with Crippen molar-refractivity contribution in [1.29, 1.82) is 0 Å². The van der Waals surface area contributed by atoms with Gasteiger partial charge in [-0.3, -0.25) is 0 Å². The highest BCUT2D eigenvalue weighted by Gasteiger charge is 2.06. The Morgan fingerprint density at radius 3 is 2.54 bits per heavy atom. The Labute approximate surface area is 75.6 Å². The average molecular weight is 188 g/mol. The number of aliphatic hydroxyl groups excluding tert-OH is 1. The first kappa shape index (κ1) is 11.6. The molecule has 0 amide bonds. The summed E-state index contributed by atoms with van der Waals surface area (Å²) in [6, 6.07) is 0. The molecule has 0 radical (unpaired) electrons. The van der Waals surface area contributed by atoms with Crippen molar-refractivity contribution in [1.82, 2.24) is 0 Å². The van der Waals surface area contributed by atoms with E-state index in [0.29, 0.717) is 18.9 Å². The lowest BCUT2D eigenvalue weighted by Gasteiger charge is -2.07. The van der Waals surface area contributed by atoms with Crippen LogP contribution in [-0.4, -0.2) is 28.4 Å². The highest BCUT2D eigenvalue weighted by molar-refractivity contribution is 5.90. The minimum atomic E-state index is -1.23. The number of carbonyl (C=O) groups is 2. The Hall–Kier alpha value is -1.36. The van der Waals surface area contributed by atoms with E-state index in [0.717, 1.165) is 6.08 Å². The number of ether oxygens (including phenoxy) is 1. The molecule has 0 aromatic heterocycles. The number of carbonyl (C=O) groups excluding carboxylic acids is 1. The van der Waals surface area contributed by atoms with Gasteiger partial charge >= 0.3 is 11.9 Å². The van der Waals surface area contributed by atoms with Crippen molar-refractivity contribution in [3.05, 3.63) is 12.2 Å². The second kappa shape index (κ2) is 6.19. The van der Waals surface area contributed by atoms with Crippen LogP contribution in [0, 0.1) is 0 Å². The van der Waals surface area contributed by atoms with Crippen LogP contribution in [0.3, 0.4) is 0 Å². The average Bonchev–Trinajstić information content (AvgIpc) is 2.01. The molecule has 0 bridgehead atoms. The molecule has 0 aromatic carbocycles. The van der Waals surface area contributed by atoms with E-state index in [1.54, 1.807) is 0 Å². The van der Waals surface area contributed by atoms with Crippen molar-refractivity contribution >= 4 is 11.9 Å². The molecule has 5 nitrogen and oxygen atoms in total. The number of esters is 1. The molecule has 5 heteroatoms. The minimum absolute atomic E-state index is 0.340. The molecule has 0 aliphatic rings. The lowest BCUT2D eigenvalue weighted by molar-refractivity contribution is -0.162. The van der Waals surface area contributed by atoms with Gasteiger partial charge in [0.2, 0.25) is 6.29 Å². The van der Waals surface area contributed by atoms with Crippen LogP contribution in [0.1, 0.15) is 19.8 Å². The molecule has 1 unspecified atom stereocenters.